The third-order valence-electron chi connectivity index (χ3n) is 5.17. The first-order chi connectivity index (χ1) is 15.4. The highest BCUT2D eigenvalue weighted by atomic mass is 16.5. The Morgan fingerprint density at radius 1 is 1.25 bits per heavy atom. The highest BCUT2D eigenvalue weighted by Crippen LogP contribution is 2.34. The van der Waals surface area contributed by atoms with Crippen LogP contribution in [0, 0.1) is 0 Å². The van der Waals surface area contributed by atoms with Crippen molar-refractivity contribution in [1.82, 2.24) is 4.90 Å². The maximum atomic E-state index is 12.5. The number of methoxy groups -OCH3 is 1. The van der Waals surface area contributed by atoms with Crippen LogP contribution in [0.4, 0.5) is 0 Å². The molecular weight excluding hydrogens is 414 g/mol. The van der Waals surface area contributed by atoms with Crippen molar-refractivity contribution in [2.45, 2.75) is 25.8 Å². The van der Waals surface area contributed by atoms with E-state index in [2.05, 4.69) is 11.5 Å². The van der Waals surface area contributed by atoms with Crippen molar-refractivity contribution < 1.29 is 28.5 Å². The second-order valence-electron chi connectivity index (χ2n) is 7.83. The predicted octanol–water partition coefficient (Wildman–Crippen LogP) is 2.83. The van der Waals surface area contributed by atoms with Gasteiger partial charge in [0, 0.05) is 19.2 Å². The Labute approximate surface area is 187 Å². The van der Waals surface area contributed by atoms with E-state index in [1.54, 1.807) is 24.3 Å². The number of carbonyl (C=O) groups excluding carboxylic acids is 1. The van der Waals surface area contributed by atoms with E-state index >= 15 is 0 Å². The summed E-state index contributed by atoms with van der Waals surface area (Å²) in [6.45, 7) is 9.14. The standard InChI is InChI=1S/C24H29NO7/c1-16(2)15-31-18-6-4-17(5-7-18)20(13-22(27)29-3)24-23(28)21(26)12-19(32-24)14-25-8-10-30-11-9-25/h4-7,12,20,28H,1,8-11,13-15H2,2-3H3. The largest absolute Gasteiger partial charge is 0.502 e. The number of rotatable bonds is 9. The average Bonchev–Trinajstić information content (AvgIpc) is 2.79. The third-order valence-corrected chi connectivity index (χ3v) is 5.17. The van der Waals surface area contributed by atoms with Gasteiger partial charge in [-0.3, -0.25) is 14.5 Å². The van der Waals surface area contributed by atoms with Gasteiger partial charge in [0.05, 0.1) is 39.2 Å². The summed E-state index contributed by atoms with van der Waals surface area (Å²) in [6, 6.07) is 8.35. The topological polar surface area (TPSA) is 98.4 Å². The molecule has 2 heterocycles. The number of nitrogens with zero attached hydrogens (tertiary/aromatic N) is 1. The molecule has 0 bridgehead atoms. The van der Waals surface area contributed by atoms with Crippen molar-refractivity contribution in [2.75, 3.05) is 40.0 Å². The number of carbonyl (C=O) groups is 1. The van der Waals surface area contributed by atoms with Gasteiger partial charge in [0.15, 0.2) is 5.76 Å². The molecule has 1 unspecified atom stereocenters. The van der Waals surface area contributed by atoms with Crippen LogP contribution in [0.15, 0.2) is 51.7 Å². The molecular formula is C24H29NO7. The number of aromatic hydroxyl groups is 1. The molecule has 1 aromatic heterocycles. The molecule has 3 rings (SSSR count). The van der Waals surface area contributed by atoms with Crippen molar-refractivity contribution >= 4 is 5.97 Å². The fraction of sp³-hybridized carbons (Fsp3) is 0.417. The summed E-state index contributed by atoms with van der Waals surface area (Å²) in [5.41, 5.74) is 1.02. The number of hydrogen-bond acceptors (Lipinski definition) is 8. The summed E-state index contributed by atoms with van der Waals surface area (Å²) in [7, 11) is 1.29. The van der Waals surface area contributed by atoms with Gasteiger partial charge in [-0.25, -0.2) is 0 Å². The Morgan fingerprint density at radius 2 is 1.94 bits per heavy atom. The van der Waals surface area contributed by atoms with E-state index in [1.807, 2.05) is 6.92 Å². The van der Waals surface area contributed by atoms with Gasteiger partial charge >= 0.3 is 5.97 Å². The predicted molar refractivity (Wildman–Crippen MR) is 118 cm³/mol. The zero-order valence-electron chi connectivity index (χ0n) is 18.5. The minimum atomic E-state index is -0.699. The lowest BCUT2D eigenvalue weighted by molar-refractivity contribution is -0.140. The van der Waals surface area contributed by atoms with Gasteiger partial charge in [0.1, 0.15) is 18.1 Å². The first-order valence-corrected chi connectivity index (χ1v) is 10.5. The summed E-state index contributed by atoms with van der Waals surface area (Å²) in [4.78, 5) is 26.7. The molecule has 1 saturated heterocycles. The second-order valence-corrected chi connectivity index (χ2v) is 7.83. The molecule has 1 atom stereocenters. The Hall–Kier alpha value is -3.10. The fourth-order valence-corrected chi connectivity index (χ4v) is 3.46. The lowest BCUT2D eigenvalue weighted by atomic mass is 9.92. The molecule has 1 aliphatic rings. The molecule has 0 amide bonds. The van der Waals surface area contributed by atoms with E-state index in [9.17, 15) is 14.7 Å². The van der Waals surface area contributed by atoms with Crippen LogP contribution in [0.2, 0.25) is 0 Å². The summed E-state index contributed by atoms with van der Waals surface area (Å²) in [6.07, 6.45) is -0.0972. The summed E-state index contributed by atoms with van der Waals surface area (Å²) in [5, 5.41) is 10.5. The minimum absolute atomic E-state index is 0.0433. The molecule has 32 heavy (non-hydrogen) atoms. The maximum Gasteiger partial charge on any atom is 0.306 e. The molecule has 0 spiro atoms. The zero-order chi connectivity index (χ0) is 23.1. The van der Waals surface area contributed by atoms with Crippen molar-refractivity contribution in [3.63, 3.8) is 0 Å². The quantitative estimate of drug-likeness (QED) is 0.467. The van der Waals surface area contributed by atoms with E-state index in [-0.39, 0.29) is 12.2 Å². The highest BCUT2D eigenvalue weighted by molar-refractivity contribution is 5.71. The highest BCUT2D eigenvalue weighted by Gasteiger charge is 2.27. The van der Waals surface area contributed by atoms with E-state index in [1.165, 1.54) is 13.2 Å². The number of benzene rings is 1. The summed E-state index contributed by atoms with van der Waals surface area (Å²) >= 11 is 0. The Morgan fingerprint density at radius 3 is 2.56 bits per heavy atom. The van der Waals surface area contributed by atoms with Crippen LogP contribution in [0.3, 0.4) is 0 Å². The van der Waals surface area contributed by atoms with Crippen molar-refractivity contribution in [1.29, 1.82) is 0 Å². The first-order valence-electron chi connectivity index (χ1n) is 10.5. The molecule has 1 fully saturated rings. The number of esters is 1. The molecule has 0 aliphatic carbocycles. The first kappa shape index (κ1) is 23.6. The van der Waals surface area contributed by atoms with Gasteiger partial charge in [-0.2, -0.15) is 0 Å². The van der Waals surface area contributed by atoms with Crippen LogP contribution in [0.1, 0.15) is 36.3 Å². The van der Waals surface area contributed by atoms with Gasteiger partial charge < -0.3 is 23.7 Å². The van der Waals surface area contributed by atoms with Gasteiger partial charge in [-0.05, 0) is 30.2 Å². The van der Waals surface area contributed by atoms with Gasteiger partial charge in [-0.15, -0.1) is 0 Å². The van der Waals surface area contributed by atoms with Crippen LogP contribution in [-0.4, -0.2) is 56.0 Å². The monoisotopic (exact) mass is 443 g/mol. The molecule has 8 heteroatoms. The zero-order valence-corrected chi connectivity index (χ0v) is 18.5. The van der Waals surface area contributed by atoms with Gasteiger partial charge in [0.2, 0.25) is 11.2 Å². The Bertz CT molecular complexity index is 990. The smallest absolute Gasteiger partial charge is 0.306 e. The lowest BCUT2D eigenvalue weighted by Crippen LogP contribution is -2.35. The Kier molecular flexibility index (Phi) is 8.08. The molecule has 172 valence electrons. The normalized spacial score (nSPS) is 15.2. The van der Waals surface area contributed by atoms with E-state index in [4.69, 9.17) is 18.6 Å². The van der Waals surface area contributed by atoms with Crippen LogP contribution in [-0.2, 0) is 20.8 Å². The second kappa shape index (κ2) is 11.0. The van der Waals surface area contributed by atoms with Crippen LogP contribution >= 0.6 is 0 Å². The molecule has 0 saturated carbocycles. The molecule has 1 aliphatic heterocycles. The minimum Gasteiger partial charge on any atom is -0.502 e. The number of hydrogen-bond donors (Lipinski definition) is 1. The van der Waals surface area contributed by atoms with Gasteiger partial charge in [-0.1, -0.05) is 18.7 Å². The van der Waals surface area contributed by atoms with E-state index in [0.717, 1.165) is 18.7 Å². The van der Waals surface area contributed by atoms with Crippen LogP contribution in [0.5, 0.6) is 11.5 Å². The molecule has 0 radical (unpaired) electrons. The summed E-state index contributed by atoms with van der Waals surface area (Å²) < 4.78 is 21.8. The number of morpholine rings is 1. The molecule has 2 aromatic rings. The third kappa shape index (κ3) is 6.21. The van der Waals surface area contributed by atoms with Crippen molar-refractivity contribution in [2.24, 2.45) is 0 Å². The summed E-state index contributed by atoms with van der Waals surface area (Å²) in [5.74, 6) is -0.594. The van der Waals surface area contributed by atoms with Crippen LogP contribution in [0.25, 0.3) is 0 Å². The van der Waals surface area contributed by atoms with Crippen molar-refractivity contribution in [3.05, 3.63) is 69.8 Å². The number of ether oxygens (including phenoxy) is 3. The molecule has 1 aromatic carbocycles. The SMILES string of the molecule is C=C(C)COc1ccc(C(CC(=O)OC)c2oc(CN3CCOCC3)cc(=O)c2O)cc1. The van der Waals surface area contributed by atoms with E-state index in [0.29, 0.717) is 43.4 Å². The Balaban J connectivity index is 1.93. The van der Waals surface area contributed by atoms with E-state index < -0.39 is 23.1 Å². The van der Waals surface area contributed by atoms with Crippen molar-refractivity contribution in [3.8, 4) is 11.5 Å². The molecule has 1 N–H and O–H groups in total. The van der Waals surface area contributed by atoms with Gasteiger partial charge in [0.25, 0.3) is 0 Å². The maximum absolute atomic E-state index is 12.5. The lowest BCUT2D eigenvalue weighted by Gasteiger charge is -2.26. The fourth-order valence-electron chi connectivity index (χ4n) is 3.46. The van der Waals surface area contributed by atoms with Crippen LogP contribution < -0.4 is 10.2 Å². The average molecular weight is 443 g/mol. The molecule has 8 nitrogen and oxygen atoms in total.